The van der Waals surface area contributed by atoms with Gasteiger partial charge < -0.3 is 20.3 Å². The van der Waals surface area contributed by atoms with E-state index in [0.29, 0.717) is 13.1 Å². The molecule has 0 aliphatic heterocycles. The molecular weight excluding hydrogens is 249 g/mol. The van der Waals surface area contributed by atoms with Crippen molar-refractivity contribution in [1.82, 2.24) is 15.5 Å². The molecule has 0 aliphatic carbocycles. The summed E-state index contributed by atoms with van der Waals surface area (Å²) in [6.07, 6.45) is 0. The van der Waals surface area contributed by atoms with Crippen molar-refractivity contribution in [1.29, 1.82) is 0 Å². The van der Waals surface area contributed by atoms with Gasteiger partial charge in [0.15, 0.2) is 11.6 Å². The highest BCUT2D eigenvalue weighted by Gasteiger charge is 2.02. The van der Waals surface area contributed by atoms with Crippen LogP contribution in [-0.2, 0) is 0 Å². The molecule has 0 aromatic heterocycles. The van der Waals surface area contributed by atoms with Gasteiger partial charge in [0.2, 0.25) is 0 Å². The number of hydrogen-bond acceptors (Lipinski definition) is 3. The number of hydrogen-bond donors (Lipinski definition) is 2. The molecule has 0 spiro atoms. The number of ether oxygens (including phenoxy) is 1. The highest BCUT2D eigenvalue weighted by atomic mass is 19.1. The molecule has 106 valence electrons. The zero-order valence-corrected chi connectivity index (χ0v) is 11.3. The molecule has 2 amide bonds. The summed E-state index contributed by atoms with van der Waals surface area (Å²) in [5, 5.41) is 5.33. The maximum absolute atomic E-state index is 13.2. The lowest BCUT2D eigenvalue weighted by Gasteiger charge is -2.11. The van der Waals surface area contributed by atoms with E-state index in [9.17, 15) is 9.18 Å². The van der Waals surface area contributed by atoms with Crippen LogP contribution >= 0.6 is 0 Å². The molecule has 0 saturated heterocycles. The third-order valence-electron chi connectivity index (χ3n) is 2.33. The quantitative estimate of drug-likeness (QED) is 0.728. The third kappa shape index (κ3) is 6.61. The van der Waals surface area contributed by atoms with E-state index in [1.807, 2.05) is 19.0 Å². The van der Waals surface area contributed by atoms with Crippen LogP contribution in [0, 0.1) is 5.82 Å². The molecule has 0 aliphatic rings. The van der Waals surface area contributed by atoms with E-state index in [1.165, 1.54) is 6.07 Å². The molecule has 0 heterocycles. The summed E-state index contributed by atoms with van der Waals surface area (Å²) in [5.74, 6) is -0.213. The van der Waals surface area contributed by atoms with Crippen LogP contribution < -0.4 is 15.4 Å². The van der Waals surface area contributed by atoms with Crippen molar-refractivity contribution in [2.24, 2.45) is 0 Å². The van der Waals surface area contributed by atoms with Crippen LogP contribution in [0.25, 0.3) is 0 Å². The fourth-order valence-corrected chi connectivity index (χ4v) is 1.34. The molecule has 1 aromatic carbocycles. The van der Waals surface area contributed by atoms with Crippen LogP contribution in [0.4, 0.5) is 9.18 Å². The Labute approximate surface area is 112 Å². The van der Waals surface area contributed by atoms with Gasteiger partial charge in [-0.1, -0.05) is 12.1 Å². The first kappa shape index (κ1) is 15.2. The first-order valence-corrected chi connectivity index (χ1v) is 6.13. The van der Waals surface area contributed by atoms with Gasteiger partial charge in [-0.3, -0.25) is 0 Å². The van der Waals surface area contributed by atoms with Crippen molar-refractivity contribution < 1.29 is 13.9 Å². The molecule has 2 N–H and O–H groups in total. The van der Waals surface area contributed by atoms with Crippen molar-refractivity contribution in [3.05, 3.63) is 30.1 Å². The summed E-state index contributed by atoms with van der Waals surface area (Å²) in [6.45, 7) is 1.90. The molecule has 0 bridgehead atoms. The number of carbonyl (C=O) groups is 1. The van der Waals surface area contributed by atoms with E-state index in [1.54, 1.807) is 18.2 Å². The monoisotopic (exact) mass is 269 g/mol. The summed E-state index contributed by atoms with van der Waals surface area (Å²) >= 11 is 0. The second-order valence-electron chi connectivity index (χ2n) is 4.26. The van der Waals surface area contributed by atoms with Gasteiger partial charge in [0.1, 0.15) is 6.61 Å². The molecule has 5 nitrogen and oxygen atoms in total. The van der Waals surface area contributed by atoms with Gasteiger partial charge >= 0.3 is 6.03 Å². The van der Waals surface area contributed by atoms with E-state index in [2.05, 4.69) is 10.6 Å². The minimum atomic E-state index is -0.405. The van der Waals surface area contributed by atoms with Crippen LogP contribution in [0.3, 0.4) is 0 Å². The number of urea groups is 1. The Balaban J connectivity index is 2.10. The van der Waals surface area contributed by atoms with Crippen LogP contribution in [0.5, 0.6) is 5.75 Å². The molecule has 6 heteroatoms. The summed E-state index contributed by atoms with van der Waals surface area (Å²) in [6, 6.07) is 5.92. The van der Waals surface area contributed by atoms with Gasteiger partial charge in [0.05, 0.1) is 6.54 Å². The number of amides is 2. The predicted molar refractivity (Wildman–Crippen MR) is 71.9 cm³/mol. The Hall–Kier alpha value is -1.82. The molecule has 0 unspecified atom stereocenters. The Bertz CT molecular complexity index is 399. The topological polar surface area (TPSA) is 53.6 Å². The maximum Gasteiger partial charge on any atom is 0.314 e. The van der Waals surface area contributed by atoms with E-state index < -0.39 is 5.82 Å². The van der Waals surface area contributed by atoms with Crippen LogP contribution in [-0.4, -0.2) is 51.3 Å². The molecule has 1 rings (SSSR count). The van der Waals surface area contributed by atoms with E-state index in [4.69, 9.17) is 4.74 Å². The number of para-hydroxylation sites is 1. The molecular formula is C13H20FN3O2. The summed E-state index contributed by atoms with van der Waals surface area (Å²) in [4.78, 5) is 13.3. The third-order valence-corrected chi connectivity index (χ3v) is 2.33. The van der Waals surface area contributed by atoms with Crippen LogP contribution in [0.15, 0.2) is 24.3 Å². The van der Waals surface area contributed by atoms with Gasteiger partial charge in [-0.25, -0.2) is 9.18 Å². The lowest BCUT2D eigenvalue weighted by molar-refractivity contribution is 0.234. The van der Waals surface area contributed by atoms with Gasteiger partial charge in [-0.2, -0.15) is 0 Å². The summed E-state index contributed by atoms with van der Waals surface area (Å²) in [5.41, 5.74) is 0. The summed E-state index contributed by atoms with van der Waals surface area (Å²) < 4.78 is 18.4. The molecule has 0 fully saturated rings. The normalized spacial score (nSPS) is 10.3. The minimum absolute atomic E-state index is 0.192. The van der Waals surface area contributed by atoms with Gasteiger partial charge in [-0.05, 0) is 26.2 Å². The van der Waals surface area contributed by atoms with E-state index in [-0.39, 0.29) is 18.4 Å². The van der Waals surface area contributed by atoms with E-state index >= 15 is 0 Å². The van der Waals surface area contributed by atoms with Crippen molar-refractivity contribution in [3.63, 3.8) is 0 Å². The Morgan fingerprint density at radius 2 is 1.95 bits per heavy atom. The molecule has 1 aromatic rings. The van der Waals surface area contributed by atoms with Crippen LogP contribution in [0.2, 0.25) is 0 Å². The lowest BCUT2D eigenvalue weighted by Crippen LogP contribution is -2.40. The van der Waals surface area contributed by atoms with Crippen molar-refractivity contribution in [2.75, 3.05) is 40.3 Å². The largest absolute Gasteiger partial charge is 0.489 e. The lowest BCUT2D eigenvalue weighted by atomic mass is 10.3. The smallest absolute Gasteiger partial charge is 0.314 e. The zero-order valence-electron chi connectivity index (χ0n) is 11.3. The summed E-state index contributed by atoms with van der Waals surface area (Å²) in [7, 11) is 3.86. The Morgan fingerprint density at radius 1 is 1.26 bits per heavy atom. The second-order valence-corrected chi connectivity index (χ2v) is 4.26. The van der Waals surface area contributed by atoms with Crippen LogP contribution in [0.1, 0.15) is 0 Å². The molecule has 0 radical (unpaired) electrons. The standard InChI is InChI=1S/C13H20FN3O2/c1-17(2)9-7-15-13(18)16-8-10-19-12-6-4-3-5-11(12)14/h3-6H,7-10H2,1-2H3,(H2,15,16,18). The number of nitrogens with zero attached hydrogens (tertiary/aromatic N) is 1. The fourth-order valence-electron chi connectivity index (χ4n) is 1.34. The van der Waals surface area contributed by atoms with Gasteiger partial charge in [0, 0.05) is 13.1 Å². The first-order valence-electron chi connectivity index (χ1n) is 6.13. The molecule has 0 atom stereocenters. The van der Waals surface area contributed by atoms with Crippen molar-refractivity contribution >= 4 is 6.03 Å². The zero-order chi connectivity index (χ0) is 14.1. The van der Waals surface area contributed by atoms with E-state index in [0.717, 1.165) is 6.54 Å². The average Bonchev–Trinajstić information content (AvgIpc) is 2.36. The highest BCUT2D eigenvalue weighted by molar-refractivity contribution is 5.73. The van der Waals surface area contributed by atoms with Gasteiger partial charge in [-0.15, -0.1) is 0 Å². The highest BCUT2D eigenvalue weighted by Crippen LogP contribution is 2.14. The number of halogens is 1. The number of benzene rings is 1. The molecule has 0 saturated carbocycles. The predicted octanol–water partition coefficient (Wildman–Crippen LogP) is 1.07. The number of nitrogens with one attached hydrogen (secondary N) is 2. The molecule has 19 heavy (non-hydrogen) atoms. The number of likely N-dealkylation sites (N-methyl/N-ethyl adjacent to an activating group) is 1. The minimum Gasteiger partial charge on any atom is -0.489 e. The first-order chi connectivity index (χ1) is 9.09. The Kier molecular flexibility index (Phi) is 6.67. The second kappa shape index (κ2) is 8.31. The number of rotatable bonds is 7. The fraction of sp³-hybridized carbons (Fsp3) is 0.462. The SMILES string of the molecule is CN(C)CCNC(=O)NCCOc1ccccc1F. The van der Waals surface area contributed by atoms with Crippen molar-refractivity contribution in [3.8, 4) is 5.75 Å². The van der Waals surface area contributed by atoms with Crippen molar-refractivity contribution in [2.45, 2.75) is 0 Å². The maximum atomic E-state index is 13.2. The Morgan fingerprint density at radius 3 is 2.63 bits per heavy atom. The average molecular weight is 269 g/mol. The van der Waals surface area contributed by atoms with Gasteiger partial charge in [0.25, 0.3) is 0 Å². The number of carbonyl (C=O) groups excluding carboxylic acids is 1.